The predicted octanol–water partition coefficient (Wildman–Crippen LogP) is 3.59. The number of aromatic nitrogens is 2. The van der Waals surface area contributed by atoms with Gasteiger partial charge in [-0.2, -0.15) is 0 Å². The molecule has 0 bridgehead atoms. The van der Waals surface area contributed by atoms with Crippen LogP contribution in [0.2, 0.25) is 0 Å². The summed E-state index contributed by atoms with van der Waals surface area (Å²) in [5.41, 5.74) is 2.55. The van der Waals surface area contributed by atoms with E-state index in [1.54, 1.807) is 29.3 Å². The predicted molar refractivity (Wildman–Crippen MR) is 135 cm³/mol. The van der Waals surface area contributed by atoms with Crippen molar-refractivity contribution in [2.45, 2.75) is 51.6 Å². The monoisotopic (exact) mass is 466 g/mol. The van der Waals surface area contributed by atoms with E-state index < -0.39 is 0 Å². The molecule has 1 saturated heterocycles. The molecule has 1 unspecified atom stereocenters. The molecule has 0 amide bonds. The molecule has 3 heterocycles. The van der Waals surface area contributed by atoms with Crippen molar-refractivity contribution in [3.63, 3.8) is 0 Å². The Bertz CT molecular complexity index is 1160. The summed E-state index contributed by atoms with van der Waals surface area (Å²) in [7, 11) is 1.68. The SMILES string of the molecule is CCCN1CCN(C2CCc3c(sc4ncn(CCc5cccc(OC)c5)c(=O)c34)C2)CC1. The molecule has 0 radical (unpaired) electrons. The third kappa shape index (κ3) is 4.72. The molecule has 0 N–H and O–H groups in total. The number of piperazine rings is 1. The highest BCUT2D eigenvalue weighted by Crippen LogP contribution is 2.35. The van der Waals surface area contributed by atoms with Crippen LogP contribution in [0.3, 0.4) is 0 Å². The highest BCUT2D eigenvalue weighted by molar-refractivity contribution is 7.18. The fourth-order valence-corrected chi connectivity index (χ4v) is 6.65. The maximum atomic E-state index is 13.4. The van der Waals surface area contributed by atoms with Crippen molar-refractivity contribution >= 4 is 21.6 Å². The van der Waals surface area contributed by atoms with Crippen LogP contribution in [0.5, 0.6) is 5.75 Å². The molecule has 1 aromatic carbocycles. The molecule has 5 rings (SSSR count). The van der Waals surface area contributed by atoms with Crippen molar-refractivity contribution in [2.75, 3.05) is 39.8 Å². The topological polar surface area (TPSA) is 50.6 Å². The maximum absolute atomic E-state index is 13.4. The maximum Gasteiger partial charge on any atom is 0.262 e. The fourth-order valence-electron chi connectivity index (χ4n) is 5.40. The van der Waals surface area contributed by atoms with E-state index in [4.69, 9.17) is 9.72 Å². The van der Waals surface area contributed by atoms with E-state index in [0.717, 1.165) is 47.2 Å². The molecule has 3 aromatic rings. The summed E-state index contributed by atoms with van der Waals surface area (Å²) in [6, 6.07) is 8.65. The number of hydrogen-bond donors (Lipinski definition) is 0. The highest BCUT2D eigenvalue weighted by Gasteiger charge is 2.30. The molecule has 1 aliphatic carbocycles. The summed E-state index contributed by atoms with van der Waals surface area (Å²) in [4.78, 5) is 25.6. The van der Waals surface area contributed by atoms with Crippen LogP contribution in [-0.4, -0.2) is 65.2 Å². The van der Waals surface area contributed by atoms with Gasteiger partial charge in [-0.25, -0.2) is 4.98 Å². The minimum absolute atomic E-state index is 0.118. The highest BCUT2D eigenvalue weighted by atomic mass is 32.1. The molecule has 0 spiro atoms. The summed E-state index contributed by atoms with van der Waals surface area (Å²) in [6.07, 6.45) is 6.95. The fraction of sp³-hybridized carbons (Fsp3) is 0.538. The third-order valence-corrected chi connectivity index (χ3v) is 8.41. The third-order valence-electron chi connectivity index (χ3n) is 7.25. The number of methoxy groups -OCH3 is 1. The molecule has 7 heteroatoms. The Morgan fingerprint density at radius 1 is 1.18 bits per heavy atom. The molecule has 176 valence electrons. The number of rotatable bonds is 7. The van der Waals surface area contributed by atoms with E-state index in [0.29, 0.717) is 12.6 Å². The average Bonchev–Trinajstić information content (AvgIpc) is 3.23. The molecule has 1 aliphatic heterocycles. The lowest BCUT2D eigenvalue weighted by molar-refractivity contribution is 0.0902. The number of ether oxygens (including phenoxy) is 1. The Balaban J connectivity index is 1.30. The zero-order chi connectivity index (χ0) is 22.8. The second-order valence-electron chi connectivity index (χ2n) is 9.30. The molecular formula is C26H34N4O2S. The van der Waals surface area contributed by atoms with Gasteiger partial charge in [0, 0.05) is 43.6 Å². The Kier molecular flexibility index (Phi) is 6.81. The Labute approximate surface area is 199 Å². The first-order valence-electron chi connectivity index (χ1n) is 12.2. The number of thiophene rings is 1. The van der Waals surface area contributed by atoms with Gasteiger partial charge in [0.2, 0.25) is 0 Å². The van der Waals surface area contributed by atoms with E-state index >= 15 is 0 Å². The lowest BCUT2D eigenvalue weighted by Crippen LogP contribution is -2.51. The van der Waals surface area contributed by atoms with E-state index in [-0.39, 0.29) is 5.56 Å². The van der Waals surface area contributed by atoms with Crippen molar-refractivity contribution in [3.05, 3.63) is 57.0 Å². The summed E-state index contributed by atoms with van der Waals surface area (Å²) in [5, 5.41) is 0.870. The van der Waals surface area contributed by atoms with Crippen LogP contribution < -0.4 is 10.3 Å². The molecule has 2 aliphatic rings. The van der Waals surface area contributed by atoms with Crippen LogP contribution in [0.15, 0.2) is 35.4 Å². The summed E-state index contributed by atoms with van der Waals surface area (Å²) >= 11 is 1.74. The zero-order valence-electron chi connectivity index (χ0n) is 19.8. The van der Waals surface area contributed by atoms with Gasteiger partial charge in [0.05, 0.1) is 18.8 Å². The van der Waals surface area contributed by atoms with E-state index in [9.17, 15) is 4.79 Å². The van der Waals surface area contributed by atoms with Crippen molar-refractivity contribution in [1.29, 1.82) is 0 Å². The minimum atomic E-state index is 0.118. The van der Waals surface area contributed by atoms with Gasteiger partial charge in [0.15, 0.2) is 0 Å². The molecule has 2 aromatic heterocycles. The number of fused-ring (bicyclic) bond motifs is 3. The summed E-state index contributed by atoms with van der Waals surface area (Å²) in [5.74, 6) is 0.849. The first-order chi connectivity index (χ1) is 16.2. The average molecular weight is 467 g/mol. The number of benzene rings is 1. The molecular weight excluding hydrogens is 432 g/mol. The van der Waals surface area contributed by atoms with Gasteiger partial charge < -0.3 is 9.64 Å². The molecule has 1 atom stereocenters. The first kappa shape index (κ1) is 22.6. The molecule has 6 nitrogen and oxygen atoms in total. The minimum Gasteiger partial charge on any atom is -0.497 e. The van der Waals surface area contributed by atoms with E-state index in [1.165, 1.54) is 49.6 Å². The quantitative estimate of drug-likeness (QED) is 0.533. The van der Waals surface area contributed by atoms with Crippen LogP contribution in [0.4, 0.5) is 0 Å². The van der Waals surface area contributed by atoms with E-state index in [2.05, 4.69) is 22.8 Å². The van der Waals surface area contributed by atoms with Gasteiger partial charge >= 0.3 is 0 Å². The smallest absolute Gasteiger partial charge is 0.262 e. The summed E-state index contributed by atoms with van der Waals surface area (Å²) < 4.78 is 7.11. The second kappa shape index (κ2) is 9.95. The number of nitrogens with zero attached hydrogens (tertiary/aromatic N) is 4. The van der Waals surface area contributed by atoms with Crippen molar-refractivity contribution in [3.8, 4) is 5.75 Å². The second-order valence-corrected chi connectivity index (χ2v) is 10.4. The number of hydrogen-bond acceptors (Lipinski definition) is 6. The van der Waals surface area contributed by atoms with Gasteiger partial charge in [0.1, 0.15) is 10.6 Å². The number of aryl methyl sites for hydroxylation is 3. The molecule has 33 heavy (non-hydrogen) atoms. The van der Waals surface area contributed by atoms with Crippen molar-refractivity contribution < 1.29 is 4.74 Å². The van der Waals surface area contributed by atoms with Gasteiger partial charge in [-0.1, -0.05) is 19.1 Å². The van der Waals surface area contributed by atoms with Crippen LogP contribution in [0.1, 0.15) is 35.8 Å². The van der Waals surface area contributed by atoms with Gasteiger partial charge in [-0.3, -0.25) is 14.3 Å². The largest absolute Gasteiger partial charge is 0.497 e. The van der Waals surface area contributed by atoms with Crippen LogP contribution in [0.25, 0.3) is 10.2 Å². The van der Waals surface area contributed by atoms with Crippen LogP contribution >= 0.6 is 11.3 Å². The van der Waals surface area contributed by atoms with Crippen LogP contribution in [-0.2, 0) is 25.8 Å². The van der Waals surface area contributed by atoms with Gasteiger partial charge in [-0.15, -0.1) is 11.3 Å². The van der Waals surface area contributed by atoms with Gasteiger partial charge in [0.25, 0.3) is 5.56 Å². The van der Waals surface area contributed by atoms with E-state index in [1.807, 2.05) is 18.2 Å². The van der Waals surface area contributed by atoms with Crippen LogP contribution in [0, 0.1) is 0 Å². The molecule has 1 fully saturated rings. The van der Waals surface area contributed by atoms with Crippen molar-refractivity contribution in [2.24, 2.45) is 0 Å². The lowest BCUT2D eigenvalue weighted by Gasteiger charge is -2.40. The zero-order valence-corrected chi connectivity index (χ0v) is 20.6. The Morgan fingerprint density at radius 2 is 2.03 bits per heavy atom. The van der Waals surface area contributed by atoms with Crippen molar-refractivity contribution in [1.82, 2.24) is 19.4 Å². The Hall–Kier alpha value is -2.22. The summed E-state index contributed by atoms with van der Waals surface area (Å²) in [6.45, 7) is 8.81. The van der Waals surface area contributed by atoms with Gasteiger partial charge in [-0.05, 0) is 61.9 Å². The first-order valence-corrected chi connectivity index (χ1v) is 13.1. The normalized spacial score (nSPS) is 19.6. The standard InChI is InChI=1S/C26H34N4O2S/c1-3-10-28-12-14-29(15-13-28)20-7-8-22-23(17-20)33-25-24(22)26(31)30(18-27-25)11-9-19-5-4-6-21(16-19)32-2/h4-6,16,18,20H,3,7-15,17H2,1-2H3. The lowest BCUT2D eigenvalue weighted by atomic mass is 9.91. The Morgan fingerprint density at radius 3 is 2.82 bits per heavy atom. The molecule has 0 saturated carbocycles.